The molecule has 0 saturated heterocycles. The van der Waals surface area contributed by atoms with Crippen molar-refractivity contribution in [2.75, 3.05) is 0 Å². The van der Waals surface area contributed by atoms with Gasteiger partial charge in [0.2, 0.25) is 0 Å². The Balaban J connectivity index is 1.36. The highest BCUT2D eigenvalue weighted by Crippen LogP contribution is 2.50. The molecule has 1 aliphatic carbocycles. The molecule has 0 radical (unpaired) electrons. The van der Waals surface area contributed by atoms with Gasteiger partial charge in [-0.25, -0.2) is 0 Å². The number of nitro groups is 2. The lowest BCUT2D eigenvalue weighted by Gasteiger charge is -2.45. The van der Waals surface area contributed by atoms with Crippen LogP contribution in [0.25, 0.3) is 0 Å². The van der Waals surface area contributed by atoms with Crippen molar-refractivity contribution < 1.29 is 19.3 Å². The maximum atomic E-state index is 11.2. The molecule has 0 aromatic heterocycles. The standard InChI is InChI=1S/C44H54N2O6/c1-8-10-12-32-28-39(30(3)26-41(32)51-37-18-14-35(15-19-37)45(47)48)43(5,6)34-22-24-44(7,25-23-34)40-29-33(13-11-9-2)42(27-31(40)4)52-38-20-16-36(17-21-38)46(49)50/h14-21,26-29,34H,8-13,22-25H2,1-7H3. The van der Waals surface area contributed by atoms with Crippen LogP contribution in [-0.2, 0) is 23.7 Å². The summed E-state index contributed by atoms with van der Waals surface area (Å²) in [6.45, 7) is 16.0. The summed E-state index contributed by atoms with van der Waals surface area (Å²) < 4.78 is 12.7. The molecule has 5 rings (SSSR count). The number of unbranched alkanes of at least 4 members (excludes halogenated alkanes) is 2. The minimum Gasteiger partial charge on any atom is -0.457 e. The van der Waals surface area contributed by atoms with Gasteiger partial charge in [-0.1, -0.05) is 59.6 Å². The number of hydrogen-bond donors (Lipinski definition) is 0. The van der Waals surface area contributed by atoms with Gasteiger partial charge in [0.15, 0.2) is 0 Å². The molecule has 1 fully saturated rings. The molecule has 0 spiro atoms. The van der Waals surface area contributed by atoms with E-state index in [2.05, 4.69) is 72.7 Å². The Kier molecular flexibility index (Phi) is 12.1. The molecule has 0 atom stereocenters. The summed E-state index contributed by atoms with van der Waals surface area (Å²) in [5.41, 5.74) is 7.67. The van der Waals surface area contributed by atoms with Gasteiger partial charge in [0.25, 0.3) is 11.4 Å². The van der Waals surface area contributed by atoms with Crippen molar-refractivity contribution in [3.8, 4) is 23.0 Å². The van der Waals surface area contributed by atoms with E-state index in [1.54, 1.807) is 24.3 Å². The average Bonchev–Trinajstić information content (AvgIpc) is 3.11. The lowest BCUT2D eigenvalue weighted by molar-refractivity contribution is -0.385. The number of benzene rings is 4. The second kappa shape index (κ2) is 16.3. The van der Waals surface area contributed by atoms with Gasteiger partial charge < -0.3 is 9.47 Å². The van der Waals surface area contributed by atoms with E-state index >= 15 is 0 Å². The first-order valence-electron chi connectivity index (χ1n) is 18.9. The fourth-order valence-corrected chi connectivity index (χ4v) is 8.10. The zero-order valence-electron chi connectivity index (χ0n) is 31.9. The van der Waals surface area contributed by atoms with E-state index in [4.69, 9.17) is 9.47 Å². The Morgan fingerprint density at radius 3 is 1.60 bits per heavy atom. The van der Waals surface area contributed by atoms with Gasteiger partial charge >= 0.3 is 0 Å². The summed E-state index contributed by atoms with van der Waals surface area (Å²) in [7, 11) is 0. The van der Waals surface area contributed by atoms with Crippen molar-refractivity contribution in [1.29, 1.82) is 0 Å². The third-order valence-corrected chi connectivity index (χ3v) is 11.4. The number of ether oxygens (including phenoxy) is 2. The molecule has 0 heterocycles. The second-order valence-electron chi connectivity index (χ2n) is 15.5. The Bertz CT molecular complexity index is 1870. The van der Waals surface area contributed by atoms with Gasteiger partial charge in [0.05, 0.1) is 9.85 Å². The van der Waals surface area contributed by atoms with Gasteiger partial charge in [-0.3, -0.25) is 20.2 Å². The number of aryl methyl sites for hydroxylation is 4. The van der Waals surface area contributed by atoms with Gasteiger partial charge in [-0.05, 0) is 152 Å². The van der Waals surface area contributed by atoms with Crippen LogP contribution in [0.1, 0.15) is 119 Å². The molecule has 0 unspecified atom stereocenters. The smallest absolute Gasteiger partial charge is 0.269 e. The Morgan fingerprint density at radius 2 is 1.15 bits per heavy atom. The predicted molar refractivity (Wildman–Crippen MR) is 208 cm³/mol. The summed E-state index contributed by atoms with van der Waals surface area (Å²) >= 11 is 0. The molecular formula is C44H54N2O6. The van der Waals surface area contributed by atoms with E-state index < -0.39 is 9.85 Å². The first-order valence-corrected chi connectivity index (χ1v) is 18.9. The summed E-state index contributed by atoms with van der Waals surface area (Å²) in [5, 5.41) is 22.3. The molecule has 0 N–H and O–H groups in total. The molecule has 52 heavy (non-hydrogen) atoms. The Hall–Kier alpha value is -4.72. The van der Waals surface area contributed by atoms with E-state index in [0.29, 0.717) is 17.4 Å². The monoisotopic (exact) mass is 706 g/mol. The first kappa shape index (κ1) is 38.5. The highest BCUT2D eigenvalue weighted by molar-refractivity contribution is 5.50. The van der Waals surface area contributed by atoms with Gasteiger partial charge in [-0.15, -0.1) is 0 Å². The minimum absolute atomic E-state index is 0.0396. The molecule has 0 bridgehead atoms. The van der Waals surface area contributed by atoms with Crippen LogP contribution in [-0.4, -0.2) is 9.85 Å². The number of rotatable bonds is 15. The first-order chi connectivity index (χ1) is 24.7. The van der Waals surface area contributed by atoms with Crippen LogP contribution in [0.5, 0.6) is 23.0 Å². The topological polar surface area (TPSA) is 105 Å². The average molecular weight is 707 g/mol. The number of non-ortho nitro benzene ring substituents is 2. The third kappa shape index (κ3) is 8.66. The molecule has 0 aliphatic heterocycles. The highest BCUT2D eigenvalue weighted by atomic mass is 16.6. The fraction of sp³-hybridized carbons (Fsp3) is 0.455. The lowest BCUT2D eigenvalue weighted by atomic mass is 9.59. The maximum absolute atomic E-state index is 11.2. The number of nitro benzene ring substituents is 2. The predicted octanol–water partition coefficient (Wildman–Crippen LogP) is 12.8. The molecule has 8 nitrogen and oxygen atoms in total. The van der Waals surface area contributed by atoms with E-state index in [0.717, 1.165) is 75.7 Å². The largest absolute Gasteiger partial charge is 0.457 e. The molecule has 8 heteroatoms. The molecule has 1 aliphatic rings. The van der Waals surface area contributed by atoms with Gasteiger partial charge in [-0.2, -0.15) is 0 Å². The van der Waals surface area contributed by atoms with Gasteiger partial charge in [0, 0.05) is 24.3 Å². The summed E-state index contributed by atoms with van der Waals surface area (Å²) in [5.74, 6) is 3.37. The Labute approximate surface area is 308 Å². The number of hydrogen-bond acceptors (Lipinski definition) is 6. The van der Waals surface area contributed by atoms with Crippen molar-refractivity contribution in [2.45, 2.75) is 124 Å². The lowest BCUT2D eigenvalue weighted by Crippen LogP contribution is -2.37. The number of nitrogens with zero attached hydrogens (tertiary/aromatic N) is 2. The molecular weight excluding hydrogens is 652 g/mol. The Morgan fingerprint density at radius 1 is 0.712 bits per heavy atom. The van der Waals surface area contributed by atoms with Crippen molar-refractivity contribution >= 4 is 11.4 Å². The van der Waals surface area contributed by atoms with Crippen LogP contribution in [0.3, 0.4) is 0 Å². The van der Waals surface area contributed by atoms with E-state index in [-0.39, 0.29) is 22.2 Å². The molecule has 0 amide bonds. The summed E-state index contributed by atoms with van der Waals surface area (Å²) in [4.78, 5) is 21.5. The third-order valence-electron chi connectivity index (χ3n) is 11.4. The molecule has 4 aromatic rings. The van der Waals surface area contributed by atoms with Crippen LogP contribution in [0, 0.1) is 40.0 Å². The van der Waals surface area contributed by atoms with Crippen LogP contribution in [0.4, 0.5) is 11.4 Å². The van der Waals surface area contributed by atoms with Crippen LogP contribution >= 0.6 is 0 Å². The quantitative estimate of drug-likeness (QED) is 0.0900. The van der Waals surface area contributed by atoms with Crippen LogP contribution in [0.2, 0.25) is 0 Å². The summed E-state index contributed by atoms with van der Waals surface area (Å²) in [6, 6.07) is 21.7. The zero-order valence-corrected chi connectivity index (χ0v) is 31.9. The van der Waals surface area contributed by atoms with Crippen molar-refractivity contribution in [2.24, 2.45) is 5.92 Å². The fourth-order valence-electron chi connectivity index (χ4n) is 8.10. The van der Waals surface area contributed by atoms with E-state index in [9.17, 15) is 20.2 Å². The summed E-state index contributed by atoms with van der Waals surface area (Å²) in [6.07, 6.45) is 10.5. The van der Waals surface area contributed by atoms with Crippen LogP contribution < -0.4 is 9.47 Å². The van der Waals surface area contributed by atoms with Gasteiger partial charge in [0.1, 0.15) is 23.0 Å². The minimum atomic E-state index is -0.394. The SMILES string of the molecule is CCCCc1cc(C2(C)CCC(C(C)(C)c3cc(CCCC)c(Oc4ccc([N+](=O)[O-])cc4)cc3C)CC2)c(C)cc1Oc1ccc([N+](=O)[O-])cc1. The van der Waals surface area contributed by atoms with E-state index in [1.807, 2.05) is 0 Å². The zero-order chi connectivity index (χ0) is 37.6. The maximum Gasteiger partial charge on any atom is 0.269 e. The highest BCUT2D eigenvalue weighted by Gasteiger charge is 2.41. The molecule has 276 valence electrons. The normalized spacial score (nSPS) is 17.5. The van der Waals surface area contributed by atoms with Crippen molar-refractivity contribution in [3.05, 3.63) is 126 Å². The molecule has 4 aromatic carbocycles. The van der Waals surface area contributed by atoms with Crippen molar-refractivity contribution in [3.63, 3.8) is 0 Å². The second-order valence-corrected chi connectivity index (χ2v) is 15.5. The van der Waals surface area contributed by atoms with E-state index in [1.165, 1.54) is 57.6 Å². The van der Waals surface area contributed by atoms with Crippen LogP contribution in [0.15, 0.2) is 72.8 Å². The molecule has 1 saturated carbocycles. The van der Waals surface area contributed by atoms with Crippen molar-refractivity contribution in [1.82, 2.24) is 0 Å².